The van der Waals surface area contributed by atoms with Crippen LogP contribution in [-0.4, -0.2) is 94.1 Å². The molecule has 0 spiro atoms. The largest absolute Gasteiger partial charge is 0.513 e. The van der Waals surface area contributed by atoms with Crippen molar-refractivity contribution in [3.05, 3.63) is 70.3 Å². The zero-order valence-corrected chi connectivity index (χ0v) is 29.9. The fourth-order valence-corrected chi connectivity index (χ4v) is 5.38. The highest BCUT2D eigenvalue weighted by molar-refractivity contribution is 6.76. The Labute approximate surface area is 287 Å². The lowest BCUT2D eigenvalue weighted by molar-refractivity contribution is -0.384. The van der Waals surface area contributed by atoms with Gasteiger partial charge in [-0.3, -0.25) is 19.8 Å². The number of rotatable bonds is 9. The molecule has 2 aliphatic heterocycles. The van der Waals surface area contributed by atoms with E-state index in [-0.39, 0.29) is 36.1 Å². The first-order valence-electron chi connectivity index (χ1n) is 15.8. The van der Waals surface area contributed by atoms with Gasteiger partial charge in [-0.2, -0.15) is 0 Å². The van der Waals surface area contributed by atoms with Gasteiger partial charge >= 0.3 is 24.2 Å². The topological polar surface area (TPSA) is 199 Å². The standard InChI is InChI=1S/C14H18N2O4.C12H17NO5Si.C7H13NO2/c1-19-13(17)12-7-11(15)8-16(12)14(18)20-9-10-5-3-2-4-6-10;1-19(2,3)9-8-17-12(14)18-11-6-4-10(5-7-11)13(15)16;1-5-3-6(8-4-5)7(9)10-2/h2-6,11-12H,7-9,15H2,1H3;4-7H,8-9H2,1-3H3;5-6,8H,3-4H2,1-2H3/t11-,12+;;5-,6+/m1.1/s1. The summed E-state index contributed by atoms with van der Waals surface area (Å²) in [6.07, 6.45) is -0.0240. The zero-order valence-electron chi connectivity index (χ0n) is 28.9. The van der Waals surface area contributed by atoms with E-state index in [0.29, 0.717) is 25.5 Å². The van der Waals surface area contributed by atoms with Crippen molar-refractivity contribution in [1.29, 1.82) is 0 Å². The molecule has 4 atom stereocenters. The number of nitrogens with zero attached hydrogens (tertiary/aromatic N) is 2. The highest BCUT2D eigenvalue weighted by Gasteiger charge is 2.39. The smallest absolute Gasteiger partial charge is 0.468 e. The molecule has 49 heavy (non-hydrogen) atoms. The second kappa shape index (κ2) is 20.1. The summed E-state index contributed by atoms with van der Waals surface area (Å²) in [5.74, 6) is 0.228. The van der Waals surface area contributed by atoms with Crippen LogP contribution in [0.25, 0.3) is 0 Å². The first-order valence-corrected chi connectivity index (χ1v) is 19.5. The van der Waals surface area contributed by atoms with Gasteiger partial charge in [0.1, 0.15) is 24.4 Å². The van der Waals surface area contributed by atoms with Crippen LogP contribution in [0.3, 0.4) is 0 Å². The second-order valence-electron chi connectivity index (χ2n) is 12.8. The third kappa shape index (κ3) is 15.0. The van der Waals surface area contributed by atoms with Gasteiger partial charge in [-0.15, -0.1) is 0 Å². The van der Waals surface area contributed by atoms with Gasteiger partial charge in [-0.25, -0.2) is 14.4 Å². The van der Waals surface area contributed by atoms with Crippen LogP contribution in [-0.2, 0) is 35.1 Å². The van der Waals surface area contributed by atoms with Crippen LogP contribution in [0, 0.1) is 16.0 Å². The first-order chi connectivity index (χ1) is 23.1. The number of nitrogens with two attached hydrogens (primary N) is 1. The number of ether oxygens (including phenoxy) is 5. The molecule has 2 fully saturated rings. The minimum absolute atomic E-state index is 0.0556. The molecule has 4 rings (SSSR count). The molecule has 2 saturated heterocycles. The summed E-state index contributed by atoms with van der Waals surface area (Å²) in [7, 11) is 1.47. The van der Waals surface area contributed by atoms with E-state index in [1.54, 1.807) is 0 Å². The average Bonchev–Trinajstić information content (AvgIpc) is 3.69. The maximum Gasteiger partial charge on any atom is 0.513 e. The van der Waals surface area contributed by atoms with E-state index in [1.165, 1.54) is 43.4 Å². The van der Waals surface area contributed by atoms with Crippen LogP contribution in [0.5, 0.6) is 5.75 Å². The molecule has 3 N–H and O–H groups in total. The van der Waals surface area contributed by atoms with Crippen LogP contribution >= 0.6 is 0 Å². The Hall–Kier alpha value is -4.54. The lowest BCUT2D eigenvalue weighted by Gasteiger charge is -2.21. The fourth-order valence-electron chi connectivity index (χ4n) is 4.67. The predicted octanol–water partition coefficient (Wildman–Crippen LogP) is 4.50. The number of carbonyl (C=O) groups excluding carboxylic acids is 4. The fraction of sp³-hybridized carbons (Fsp3) is 0.515. The van der Waals surface area contributed by atoms with Gasteiger partial charge in [0.2, 0.25) is 0 Å². The first kappa shape index (κ1) is 40.6. The number of esters is 2. The van der Waals surface area contributed by atoms with E-state index >= 15 is 0 Å². The quantitative estimate of drug-likeness (QED) is 0.0924. The normalized spacial score (nSPS) is 19.6. The lowest BCUT2D eigenvalue weighted by atomic mass is 10.1. The molecular formula is C33H48N4O11Si. The van der Waals surface area contributed by atoms with E-state index in [2.05, 4.69) is 41.4 Å². The van der Waals surface area contributed by atoms with Gasteiger partial charge in [0, 0.05) is 32.8 Å². The summed E-state index contributed by atoms with van der Waals surface area (Å²) >= 11 is 0. The van der Waals surface area contributed by atoms with Crippen molar-refractivity contribution in [3.63, 3.8) is 0 Å². The Bertz CT molecular complexity index is 1370. The number of methoxy groups -OCH3 is 2. The number of non-ortho nitro benzene ring substituents is 1. The van der Waals surface area contributed by atoms with E-state index < -0.39 is 37.3 Å². The number of nitro groups is 1. The summed E-state index contributed by atoms with van der Waals surface area (Å²) in [6.45, 7) is 10.4. The van der Waals surface area contributed by atoms with E-state index in [0.717, 1.165) is 24.6 Å². The molecule has 0 aromatic heterocycles. The zero-order chi connectivity index (χ0) is 36.6. The molecule has 0 saturated carbocycles. The lowest BCUT2D eigenvalue weighted by Crippen LogP contribution is -2.41. The van der Waals surface area contributed by atoms with Crippen LogP contribution < -0.4 is 15.8 Å². The maximum absolute atomic E-state index is 12.0. The Morgan fingerprint density at radius 3 is 2.12 bits per heavy atom. The van der Waals surface area contributed by atoms with Gasteiger partial charge in [0.25, 0.3) is 5.69 Å². The highest BCUT2D eigenvalue weighted by Crippen LogP contribution is 2.20. The third-order valence-electron chi connectivity index (χ3n) is 7.40. The third-order valence-corrected chi connectivity index (χ3v) is 9.11. The van der Waals surface area contributed by atoms with Gasteiger partial charge in [0.05, 0.1) is 25.7 Å². The Morgan fingerprint density at radius 1 is 0.959 bits per heavy atom. The number of hydrogen-bond acceptors (Lipinski definition) is 13. The molecule has 2 aromatic rings. The van der Waals surface area contributed by atoms with Crippen molar-refractivity contribution < 1.29 is 47.8 Å². The van der Waals surface area contributed by atoms with Crippen LogP contribution in [0.1, 0.15) is 25.3 Å². The number of benzene rings is 2. The number of nitro benzene ring substituents is 1. The molecule has 16 heteroatoms. The molecule has 1 amide bonds. The number of likely N-dealkylation sites (tertiary alicyclic amines) is 1. The molecule has 2 aliphatic rings. The van der Waals surface area contributed by atoms with E-state index in [9.17, 15) is 29.3 Å². The summed E-state index contributed by atoms with van der Waals surface area (Å²) in [6, 6.07) is 14.5. The highest BCUT2D eigenvalue weighted by atomic mass is 28.3. The summed E-state index contributed by atoms with van der Waals surface area (Å²) in [5, 5.41) is 13.5. The van der Waals surface area contributed by atoms with Crippen molar-refractivity contribution in [2.45, 2.75) is 70.2 Å². The SMILES string of the molecule is COC(=O)[C@@H]1C[C@@H](C)CN1.COC(=O)[C@@H]1C[C@@H](N)CN1C(=O)OCc1ccccc1.C[Si](C)(C)CCOC(=O)Oc1ccc([N+](=O)[O-])cc1. The van der Waals surface area contributed by atoms with E-state index in [4.69, 9.17) is 19.9 Å². The second-order valence-corrected chi connectivity index (χ2v) is 18.4. The molecule has 0 radical (unpaired) electrons. The maximum atomic E-state index is 12.0. The Kier molecular flexibility index (Phi) is 16.7. The van der Waals surface area contributed by atoms with Gasteiger partial charge in [0.15, 0.2) is 0 Å². The van der Waals surface area contributed by atoms with Gasteiger partial charge in [-0.05, 0) is 49.0 Å². The van der Waals surface area contributed by atoms with Gasteiger partial charge < -0.3 is 34.7 Å². The predicted molar refractivity (Wildman–Crippen MR) is 183 cm³/mol. The molecule has 2 heterocycles. The molecule has 0 bridgehead atoms. The molecular weight excluding hydrogens is 656 g/mol. The van der Waals surface area contributed by atoms with Crippen molar-refractivity contribution in [3.8, 4) is 5.75 Å². The van der Waals surface area contributed by atoms with Crippen molar-refractivity contribution >= 4 is 37.9 Å². The van der Waals surface area contributed by atoms with Crippen LogP contribution in [0.15, 0.2) is 54.6 Å². The monoisotopic (exact) mass is 704 g/mol. The minimum Gasteiger partial charge on any atom is -0.468 e. The summed E-state index contributed by atoms with van der Waals surface area (Å²) in [4.78, 5) is 57.1. The molecule has 2 aromatic carbocycles. The number of carbonyl (C=O) groups is 4. The number of nitrogens with one attached hydrogen (secondary N) is 1. The summed E-state index contributed by atoms with van der Waals surface area (Å²) < 4.78 is 24.3. The van der Waals surface area contributed by atoms with Crippen LogP contribution in [0.2, 0.25) is 25.7 Å². The number of hydrogen-bond donors (Lipinski definition) is 2. The molecule has 270 valence electrons. The molecule has 0 aliphatic carbocycles. The van der Waals surface area contributed by atoms with Crippen molar-refractivity contribution in [1.82, 2.24) is 10.2 Å². The number of amides is 1. The summed E-state index contributed by atoms with van der Waals surface area (Å²) in [5.41, 5.74) is 6.63. The molecule has 15 nitrogen and oxygen atoms in total. The average molecular weight is 705 g/mol. The Balaban J connectivity index is 0.000000269. The Morgan fingerprint density at radius 2 is 1.59 bits per heavy atom. The van der Waals surface area contributed by atoms with Crippen LogP contribution in [0.4, 0.5) is 15.3 Å². The molecule has 0 unspecified atom stereocenters. The van der Waals surface area contributed by atoms with E-state index in [1.807, 2.05) is 30.3 Å². The van der Waals surface area contributed by atoms with Gasteiger partial charge in [-0.1, -0.05) is 56.9 Å². The minimum atomic E-state index is -1.24. The van der Waals surface area contributed by atoms with Crippen molar-refractivity contribution in [2.24, 2.45) is 11.7 Å². The van der Waals surface area contributed by atoms with Crippen molar-refractivity contribution in [2.75, 3.05) is 33.9 Å².